The summed E-state index contributed by atoms with van der Waals surface area (Å²) in [6, 6.07) is 17.9. The number of benzene rings is 2. The van der Waals surface area contributed by atoms with Crippen LogP contribution in [0.15, 0.2) is 77.2 Å². The Hall–Kier alpha value is -3.88. The Morgan fingerprint density at radius 3 is 2.37 bits per heavy atom. The van der Waals surface area contributed by atoms with E-state index in [2.05, 4.69) is 4.98 Å². The molecule has 43 heavy (non-hydrogen) atoms. The molecular formula is C35H42N2O5S. The van der Waals surface area contributed by atoms with Crippen molar-refractivity contribution in [2.24, 2.45) is 11.7 Å². The second-order valence-electron chi connectivity index (χ2n) is 10.6. The van der Waals surface area contributed by atoms with Gasteiger partial charge in [-0.3, -0.25) is 9.59 Å². The third kappa shape index (κ3) is 11.7. The van der Waals surface area contributed by atoms with Crippen LogP contribution in [0.1, 0.15) is 80.7 Å². The molecule has 0 unspecified atom stereocenters. The Balaban J connectivity index is 0.000000428. The van der Waals surface area contributed by atoms with Crippen molar-refractivity contribution in [3.63, 3.8) is 0 Å². The molecule has 7 nitrogen and oxygen atoms in total. The van der Waals surface area contributed by atoms with Gasteiger partial charge in [0.05, 0.1) is 18.3 Å². The first-order valence-corrected chi connectivity index (χ1v) is 15.7. The average Bonchev–Trinajstić information content (AvgIpc) is 3.50. The van der Waals surface area contributed by atoms with Gasteiger partial charge >= 0.3 is 5.97 Å². The average molecular weight is 603 g/mol. The zero-order valence-corrected chi connectivity index (χ0v) is 26.1. The number of carbonyl (C=O) groups is 3. The predicted octanol–water partition coefficient (Wildman–Crippen LogP) is 7.21. The van der Waals surface area contributed by atoms with Crippen molar-refractivity contribution in [2.45, 2.75) is 71.9 Å². The van der Waals surface area contributed by atoms with Crippen LogP contribution in [0.5, 0.6) is 5.75 Å². The topological polar surface area (TPSA) is 109 Å². The van der Waals surface area contributed by atoms with E-state index in [0.717, 1.165) is 58.8 Å². The van der Waals surface area contributed by atoms with E-state index in [0.29, 0.717) is 31.5 Å². The van der Waals surface area contributed by atoms with Crippen molar-refractivity contribution in [3.05, 3.63) is 99.0 Å². The number of aromatic nitrogens is 1. The molecular weight excluding hydrogens is 560 g/mol. The van der Waals surface area contributed by atoms with Crippen LogP contribution >= 0.6 is 11.3 Å². The van der Waals surface area contributed by atoms with Crippen molar-refractivity contribution >= 4 is 35.5 Å². The zero-order chi connectivity index (χ0) is 31.0. The number of carbonyl (C=O) groups excluding carboxylic acids is 3. The molecule has 8 heteroatoms. The number of hydrogen-bond donors (Lipinski definition) is 1. The lowest BCUT2D eigenvalue weighted by Crippen LogP contribution is -2.18. The van der Waals surface area contributed by atoms with E-state index in [1.165, 1.54) is 6.42 Å². The number of Topliss-reactive ketones (excluding diaryl/α,β-unsaturated/α-hetero) is 1. The summed E-state index contributed by atoms with van der Waals surface area (Å²) in [7, 11) is 0. The number of thiazole rings is 1. The highest BCUT2D eigenvalue weighted by molar-refractivity contribution is 7.09. The van der Waals surface area contributed by atoms with E-state index in [1.54, 1.807) is 31.3 Å². The summed E-state index contributed by atoms with van der Waals surface area (Å²) < 4.78 is 10.9. The van der Waals surface area contributed by atoms with E-state index in [9.17, 15) is 14.4 Å². The standard InChI is InChI=1S/C27H30N2O3S.C8H12O2/c1-4-31-27(30)20(3)14-19(2)15-23-18-33-26(29-23)25(28)16-21-10-12-24(13-11-21)32-17-22-8-6-5-7-9-22;9-6-8(10)7-4-2-1-3-5-7/h5-15,18,25H,4,16-17,28H2,1-3H3;6-7H,1-5H2/b19-15+,20-14-;/t25-;/m0./s1. The fraction of sp³-hybridized carbons (Fsp3) is 0.371. The predicted molar refractivity (Wildman–Crippen MR) is 172 cm³/mol. The Bertz CT molecular complexity index is 1370. The third-order valence-corrected chi connectivity index (χ3v) is 8.02. The molecule has 1 atom stereocenters. The molecule has 1 aliphatic carbocycles. The lowest BCUT2D eigenvalue weighted by molar-refractivity contribution is -0.138. The number of ether oxygens (including phenoxy) is 2. The minimum Gasteiger partial charge on any atom is -0.489 e. The van der Waals surface area contributed by atoms with Gasteiger partial charge in [0.25, 0.3) is 0 Å². The van der Waals surface area contributed by atoms with E-state index >= 15 is 0 Å². The van der Waals surface area contributed by atoms with Crippen LogP contribution in [0, 0.1) is 5.92 Å². The quantitative estimate of drug-likeness (QED) is 0.0767. The van der Waals surface area contributed by atoms with E-state index in [-0.39, 0.29) is 23.7 Å². The fourth-order valence-electron chi connectivity index (χ4n) is 4.74. The van der Waals surface area contributed by atoms with Gasteiger partial charge in [0.1, 0.15) is 17.4 Å². The van der Waals surface area contributed by atoms with Crippen molar-refractivity contribution in [1.82, 2.24) is 4.98 Å². The Kier molecular flexibility index (Phi) is 14.0. The van der Waals surface area contributed by atoms with Gasteiger partial charge in [-0.15, -0.1) is 11.3 Å². The highest BCUT2D eigenvalue weighted by Crippen LogP contribution is 2.24. The van der Waals surface area contributed by atoms with Crippen LogP contribution in [0.25, 0.3) is 6.08 Å². The molecule has 1 aliphatic rings. The molecule has 3 aromatic rings. The van der Waals surface area contributed by atoms with Gasteiger partial charge in [0.2, 0.25) is 0 Å². The monoisotopic (exact) mass is 602 g/mol. The number of aldehydes is 1. The van der Waals surface area contributed by atoms with Crippen molar-refractivity contribution < 1.29 is 23.9 Å². The summed E-state index contributed by atoms with van der Waals surface area (Å²) in [5, 5.41) is 2.86. The second-order valence-corrected chi connectivity index (χ2v) is 11.5. The molecule has 2 aromatic carbocycles. The number of nitrogens with zero attached hydrogens (tertiary/aromatic N) is 1. The van der Waals surface area contributed by atoms with Crippen LogP contribution in [0.3, 0.4) is 0 Å². The molecule has 0 aliphatic heterocycles. The van der Waals surface area contributed by atoms with E-state index < -0.39 is 0 Å². The number of rotatable bonds is 12. The number of esters is 1. The lowest BCUT2D eigenvalue weighted by Gasteiger charge is -2.17. The molecule has 0 spiro atoms. The van der Waals surface area contributed by atoms with Gasteiger partial charge in [-0.25, -0.2) is 9.78 Å². The molecule has 1 aromatic heterocycles. The van der Waals surface area contributed by atoms with Gasteiger partial charge in [-0.1, -0.05) is 61.7 Å². The smallest absolute Gasteiger partial charge is 0.333 e. The summed E-state index contributed by atoms with van der Waals surface area (Å²) in [6.07, 6.45) is 10.2. The van der Waals surface area contributed by atoms with Crippen molar-refractivity contribution in [3.8, 4) is 5.75 Å². The molecule has 228 valence electrons. The van der Waals surface area contributed by atoms with E-state index in [1.807, 2.05) is 73.0 Å². The lowest BCUT2D eigenvalue weighted by atomic mass is 9.87. The Morgan fingerprint density at radius 2 is 1.72 bits per heavy atom. The molecule has 2 N–H and O–H groups in total. The first kappa shape index (κ1) is 33.6. The molecule has 0 amide bonds. The highest BCUT2D eigenvalue weighted by Gasteiger charge is 2.19. The molecule has 0 bridgehead atoms. The molecule has 1 heterocycles. The number of nitrogens with two attached hydrogens (primary N) is 1. The maximum atomic E-state index is 11.8. The molecule has 1 saturated carbocycles. The SMILES string of the molecule is CCOC(=O)/C(C)=C\C(C)=C\c1csc([C@@H](N)Cc2ccc(OCc3ccccc3)cc2)n1.O=CC(=O)C1CCCCC1. The van der Waals surface area contributed by atoms with Crippen molar-refractivity contribution in [1.29, 1.82) is 0 Å². The van der Waals surface area contributed by atoms with Gasteiger partial charge < -0.3 is 15.2 Å². The van der Waals surface area contributed by atoms with Gasteiger partial charge in [-0.2, -0.15) is 0 Å². The van der Waals surface area contributed by atoms with Crippen LogP contribution in [0.2, 0.25) is 0 Å². The van der Waals surface area contributed by atoms with Crippen LogP contribution < -0.4 is 10.5 Å². The van der Waals surface area contributed by atoms with Crippen molar-refractivity contribution in [2.75, 3.05) is 6.61 Å². The third-order valence-electron chi connectivity index (χ3n) is 7.03. The zero-order valence-electron chi connectivity index (χ0n) is 25.3. The molecule has 4 rings (SSSR count). The van der Waals surface area contributed by atoms with Gasteiger partial charge in [0, 0.05) is 16.9 Å². The second kappa shape index (κ2) is 17.9. The minimum atomic E-state index is -0.303. The maximum absolute atomic E-state index is 11.8. The van der Waals surface area contributed by atoms with E-state index in [4.69, 9.17) is 15.2 Å². The number of ketones is 1. The first-order chi connectivity index (χ1) is 20.8. The maximum Gasteiger partial charge on any atom is 0.333 e. The number of allylic oxidation sites excluding steroid dienone is 2. The van der Waals surface area contributed by atoms with Crippen LogP contribution in [0.4, 0.5) is 0 Å². The summed E-state index contributed by atoms with van der Waals surface area (Å²) >= 11 is 1.54. The van der Waals surface area contributed by atoms with Crippen LogP contribution in [-0.4, -0.2) is 29.6 Å². The largest absolute Gasteiger partial charge is 0.489 e. The first-order valence-electron chi connectivity index (χ1n) is 14.8. The summed E-state index contributed by atoms with van der Waals surface area (Å²) in [5.41, 5.74) is 11.0. The molecule has 0 saturated heterocycles. The molecule has 1 fully saturated rings. The van der Waals surface area contributed by atoms with Gasteiger partial charge in [-0.05, 0) is 81.0 Å². The molecule has 0 radical (unpaired) electrons. The Morgan fingerprint density at radius 1 is 1.02 bits per heavy atom. The summed E-state index contributed by atoms with van der Waals surface area (Å²) in [4.78, 5) is 37.3. The van der Waals surface area contributed by atoms with Crippen LogP contribution in [-0.2, 0) is 32.1 Å². The summed E-state index contributed by atoms with van der Waals surface area (Å²) in [5.74, 6) is 0.396. The highest BCUT2D eigenvalue weighted by atomic mass is 32.1. The normalized spacial score (nSPS) is 14.7. The minimum absolute atomic E-state index is 0.0613. The Labute approximate surface area is 258 Å². The van der Waals surface area contributed by atoms with Gasteiger partial charge in [0.15, 0.2) is 12.1 Å². The summed E-state index contributed by atoms with van der Waals surface area (Å²) in [6.45, 7) is 6.38. The fourth-order valence-corrected chi connectivity index (χ4v) is 5.52. The number of hydrogen-bond acceptors (Lipinski definition) is 8.